The second kappa shape index (κ2) is 6.69. The van der Waals surface area contributed by atoms with Gasteiger partial charge in [0, 0.05) is 19.1 Å². The molecule has 0 aromatic rings. The van der Waals surface area contributed by atoms with Crippen LogP contribution in [0.3, 0.4) is 0 Å². The minimum atomic E-state index is -0.706. The molecule has 1 aliphatic carbocycles. The van der Waals surface area contributed by atoms with E-state index in [0.717, 1.165) is 12.1 Å². The van der Waals surface area contributed by atoms with Crippen molar-refractivity contribution < 1.29 is 9.90 Å². The Morgan fingerprint density at radius 3 is 2.50 bits per heavy atom. The standard InChI is InChI=1S/C13H23NO2/c1-11(2)10-14(9-8-13(15)16)12-6-4-3-5-7-12/h12H,1,3-10H2,2H3,(H,15,16). The third-order valence-electron chi connectivity index (χ3n) is 3.18. The van der Waals surface area contributed by atoms with Gasteiger partial charge in [0.05, 0.1) is 6.42 Å². The maximum atomic E-state index is 10.6. The molecule has 92 valence electrons. The Labute approximate surface area is 98.1 Å². The average molecular weight is 225 g/mol. The molecule has 0 heterocycles. The Kier molecular flexibility index (Phi) is 5.53. The summed E-state index contributed by atoms with van der Waals surface area (Å²) in [5, 5.41) is 8.75. The van der Waals surface area contributed by atoms with Crippen LogP contribution in [0.25, 0.3) is 0 Å². The number of aliphatic carboxylic acids is 1. The molecule has 0 aromatic carbocycles. The molecular weight excluding hydrogens is 202 g/mol. The molecule has 1 rings (SSSR count). The average Bonchev–Trinajstić information content (AvgIpc) is 2.25. The summed E-state index contributed by atoms with van der Waals surface area (Å²) >= 11 is 0. The molecule has 3 heteroatoms. The van der Waals surface area contributed by atoms with Gasteiger partial charge in [0.15, 0.2) is 0 Å². The number of carboxylic acid groups (broad SMARTS) is 1. The van der Waals surface area contributed by atoms with Crippen LogP contribution in [0.1, 0.15) is 45.4 Å². The van der Waals surface area contributed by atoms with Crippen molar-refractivity contribution in [3.63, 3.8) is 0 Å². The van der Waals surface area contributed by atoms with Crippen LogP contribution in [-0.2, 0) is 4.79 Å². The van der Waals surface area contributed by atoms with E-state index in [1.165, 1.54) is 32.1 Å². The van der Waals surface area contributed by atoms with Crippen molar-refractivity contribution in [3.05, 3.63) is 12.2 Å². The van der Waals surface area contributed by atoms with Gasteiger partial charge in [-0.25, -0.2) is 0 Å². The van der Waals surface area contributed by atoms with Crippen molar-refractivity contribution >= 4 is 5.97 Å². The third-order valence-corrected chi connectivity index (χ3v) is 3.18. The number of rotatable bonds is 6. The highest BCUT2D eigenvalue weighted by Crippen LogP contribution is 2.23. The molecule has 0 aliphatic heterocycles. The summed E-state index contributed by atoms with van der Waals surface area (Å²) in [6, 6.07) is 0.574. The molecule has 0 radical (unpaired) electrons. The van der Waals surface area contributed by atoms with Crippen molar-refractivity contribution in [1.82, 2.24) is 4.90 Å². The number of carboxylic acids is 1. The first-order valence-electron chi connectivity index (χ1n) is 6.20. The lowest BCUT2D eigenvalue weighted by atomic mass is 9.94. The molecule has 1 N–H and O–H groups in total. The van der Waals surface area contributed by atoms with Crippen LogP contribution in [0, 0.1) is 0 Å². The fraction of sp³-hybridized carbons (Fsp3) is 0.769. The molecule has 0 saturated heterocycles. The van der Waals surface area contributed by atoms with Crippen LogP contribution in [0.5, 0.6) is 0 Å². The van der Waals surface area contributed by atoms with E-state index in [4.69, 9.17) is 5.11 Å². The molecular formula is C13H23NO2. The maximum absolute atomic E-state index is 10.6. The van der Waals surface area contributed by atoms with Gasteiger partial charge in [0.1, 0.15) is 0 Å². The summed E-state index contributed by atoms with van der Waals surface area (Å²) in [5.41, 5.74) is 1.12. The number of hydrogen-bond donors (Lipinski definition) is 1. The zero-order valence-corrected chi connectivity index (χ0v) is 10.2. The van der Waals surface area contributed by atoms with Crippen LogP contribution < -0.4 is 0 Å². The minimum Gasteiger partial charge on any atom is -0.481 e. The smallest absolute Gasteiger partial charge is 0.304 e. The molecule has 0 unspecified atom stereocenters. The molecule has 0 spiro atoms. The van der Waals surface area contributed by atoms with E-state index in [-0.39, 0.29) is 6.42 Å². The minimum absolute atomic E-state index is 0.240. The number of nitrogens with zero attached hydrogens (tertiary/aromatic N) is 1. The Hall–Kier alpha value is -0.830. The van der Waals surface area contributed by atoms with Crippen LogP contribution in [0.15, 0.2) is 12.2 Å². The highest BCUT2D eigenvalue weighted by molar-refractivity contribution is 5.66. The number of carbonyl (C=O) groups is 1. The molecule has 0 atom stereocenters. The second-order valence-electron chi connectivity index (χ2n) is 4.86. The van der Waals surface area contributed by atoms with E-state index in [1.807, 2.05) is 6.92 Å². The molecule has 3 nitrogen and oxygen atoms in total. The molecule has 0 bridgehead atoms. The van der Waals surface area contributed by atoms with Crippen molar-refractivity contribution in [2.75, 3.05) is 13.1 Å². The van der Waals surface area contributed by atoms with Crippen molar-refractivity contribution in [1.29, 1.82) is 0 Å². The highest BCUT2D eigenvalue weighted by Gasteiger charge is 2.21. The van der Waals surface area contributed by atoms with Gasteiger partial charge in [-0.05, 0) is 19.8 Å². The summed E-state index contributed by atoms with van der Waals surface area (Å²) < 4.78 is 0. The summed E-state index contributed by atoms with van der Waals surface area (Å²) in [6.45, 7) is 7.44. The summed E-state index contributed by atoms with van der Waals surface area (Å²) in [7, 11) is 0. The van der Waals surface area contributed by atoms with Gasteiger partial charge in [0.25, 0.3) is 0 Å². The van der Waals surface area contributed by atoms with Crippen LogP contribution in [0.2, 0.25) is 0 Å². The maximum Gasteiger partial charge on any atom is 0.304 e. The van der Waals surface area contributed by atoms with Crippen molar-refractivity contribution in [3.8, 4) is 0 Å². The molecule has 0 aromatic heterocycles. The molecule has 1 fully saturated rings. The van der Waals surface area contributed by atoms with Crippen molar-refractivity contribution in [2.45, 2.75) is 51.5 Å². The fourth-order valence-electron chi connectivity index (χ4n) is 2.42. The lowest BCUT2D eigenvalue weighted by Gasteiger charge is -2.34. The SMILES string of the molecule is C=C(C)CN(CCC(=O)O)C1CCCCC1. The van der Waals surface area contributed by atoms with Crippen LogP contribution in [-0.4, -0.2) is 35.1 Å². The van der Waals surface area contributed by atoms with Gasteiger partial charge < -0.3 is 5.11 Å². The first-order chi connectivity index (χ1) is 7.59. The largest absolute Gasteiger partial charge is 0.481 e. The third kappa shape index (κ3) is 4.79. The van der Waals surface area contributed by atoms with E-state index in [1.54, 1.807) is 0 Å². The van der Waals surface area contributed by atoms with Gasteiger partial charge in [-0.15, -0.1) is 0 Å². The monoisotopic (exact) mass is 225 g/mol. The lowest BCUT2D eigenvalue weighted by Crippen LogP contribution is -2.39. The van der Waals surface area contributed by atoms with Crippen LogP contribution >= 0.6 is 0 Å². The van der Waals surface area contributed by atoms with Gasteiger partial charge in [0.2, 0.25) is 0 Å². The first kappa shape index (κ1) is 13.2. The summed E-state index contributed by atoms with van der Waals surface area (Å²) in [5.74, 6) is -0.706. The topological polar surface area (TPSA) is 40.5 Å². The zero-order valence-electron chi connectivity index (χ0n) is 10.2. The summed E-state index contributed by atoms with van der Waals surface area (Å²) in [4.78, 5) is 12.9. The molecule has 16 heavy (non-hydrogen) atoms. The van der Waals surface area contributed by atoms with E-state index >= 15 is 0 Å². The molecule has 0 amide bonds. The Balaban J connectivity index is 2.47. The predicted molar refractivity (Wildman–Crippen MR) is 65.5 cm³/mol. The Morgan fingerprint density at radius 2 is 2.00 bits per heavy atom. The number of hydrogen-bond acceptors (Lipinski definition) is 2. The normalized spacial score (nSPS) is 17.6. The Bertz CT molecular complexity index is 244. The van der Waals surface area contributed by atoms with Crippen LogP contribution in [0.4, 0.5) is 0 Å². The van der Waals surface area contributed by atoms with E-state index < -0.39 is 5.97 Å². The molecule has 1 saturated carbocycles. The van der Waals surface area contributed by atoms with E-state index in [0.29, 0.717) is 12.6 Å². The van der Waals surface area contributed by atoms with Crippen molar-refractivity contribution in [2.24, 2.45) is 0 Å². The quantitative estimate of drug-likeness (QED) is 0.706. The van der Waals surface area contributed by atoms with E-state index in [9.17, 15) is 4.79 Å². The van der Waals surface area contributed by atoms with Gasteiger partial charge in [-0.1, -0.05) is 31.4 Å². The first-order valence-corrected chi connectivity index (χ1v) is 6.20. The zero-order chi connectivity index (χ0) is 12.0. The predicted octanol–water partition coefficient (Wildman–Crippen LogP) is 2.67. The lowest BCUT2D eigenvalue weighted by molar-refractivity contribution is -0.137. The summed E-state index contributed by atoms with van der Waals surface area (Å²) in [6.07, 6.45) is 6.56. The Morgan fingerprint density at radius 1 is 1.38 bits per heavy atom. The molecule has 1 aliphatic rings. The van der Waals surface area contributed by atoms with Gasteiger partial charge >= 0.3 is 5.97 Å². The van der Waals surface area contributed by atoms with Gasteiger partial charge in [-0.3, -0.25) is 9.69 Å². The van der Waals surface area contributed by atoms with Gasteiger partial charge in [-0.2, -0.15) is 0 Å². The second-order valence-corrected chi connectivity index (χ2v) is 4.86. The van der Waals surface area contributed by atoms with E-state index in [2.05, 4.69) is 11.5 Å². The fourth-order valence-corrected chi connectivity index (χ4v) is 2.42. The highest BCUT2D eigenvalue weighted by atomic mass is 16.4.